The lowest BCUT2D eigenvalue weighted by Gasteiger charge is -2.02. The van der Waals surface area contributed by atoms with Crippen LogP contribution in [0.15, 0.2) is 23.8 Å². The van der Waals surface area contributed by atoms with Gasteiger partial charge in [0.15, 0.2) is 0 Å². The van der Waals surface area contributed by atoms with Gasteiger partial charge in [-0.15, -0.1) is 11.3 Å². The van der Waals surface area contributed by atoms with Gasteiger partial charge in [0, 0.05) is 4.88 Å². The summed E-state index contributed by atoms with van der Waals surface area (Å²) in [6, 6.07) is 3.84. The summed E-state index contributed by atoms with van der Waals surface area (Å²) < 4.78 is 0.794. The third-order valence-corrected chi connectivity index (χ3v) is 2.77. The van der Waals surface area contributed by atoms with E-state index in [0.717, 1.165) is 9.21 Å². The second-order valence-corrected chi connectivity index (χ2v) is 4.66. The van der Waals surface area contributed by atoms with Crippen molar-refractivity contribution in [3.05, 3.63) is 33.0 Å². The molecule has 0 aliphatic carbocycles. The van der Waals surface area contributed by atoms with Crippen molar-refractivity contribution in [1.82, 2.24) is 0 Å². The Kier molecular flexibility index (Phi) is 3.32. The normalized spacial score (nSPS) is 12.7. The number of allylic oxidation sites excluding steroid dienone is 1. The van der Waals surface area contributed by atoms with E-state index in [9.17, 15) is 0 Å². The minimum absolute atomic E-state index is 0.00694. The van der Waals surface area contributed by atoms with E-state index < -0.39 is 0 Å². The minimum atomic E-state index is -0.00694. The molecule has 2 N–H and O–H groups in total. The topological polar surface area (TPSA) is 26.0 Å². The Morgan fingerprint density at radius 3 is 2.67 bits per heavy atom. The number of halogens is 1. The average molecular weight is 202 g/mol. The number of thiophene rings is 1. The van der Waals surface area contributed by atoms with Gasteiger partial charge in [0.25, 0.3) is 0 Å². The summed E-state index contributed by atoms with van der Waals surface area (Å²) in [5.74, 6) is 0. The quantitative estimate of drug-likeness (QED) is 0.730. The van der Waals surface area contributed by atoms with E-state index in [4.69, 9.17) is 17.3 Å². The van der Waals surface area contributed by atoms with E-state index in [0.29, 0.717) is 0 Å². The predicted molar refractivity (Wildman–Crippen MR) is 55.7 cm³/mol. The third-order valence-electron chi connectivity index (χ3n) is 1.44. The first kappa shape index (κ1) is 9.78. The fourth-order valence-corrected chi connectivity index (χ4v) is 1.98. The summed E-state index contributed by atoms with van der Waals surface area (Å²) in [4.78, 5) is 1.11. The van der Waals surface area contributed by atoms with Crippen LogP contribution in [-0.4, -0.2) is 0 Å². The first-order chi connectivity index (χ1) is 5.59. The van der Waals surface area contributed by atoms with Crippen molar-refractivity contribution < 1.29 is 0 Å². The van der Waals surface area contributed by atoms with Crippen LogP contribution < -0.4 is 5.73 Å². The molecule has 0 aliphatic heterocycles. The Morgan fingerprint density at radius 2 is 2.25 bits per heavy atom. The Hall–Kier alpha value is -0.310. The highest BCUT2D eigenvalue weighted by Gasteiger charge is 2.04. The van der Waals surface area contributed by atoms with Crippen LogP contribution in [0.4, 0.5) is 0 Å². The molecule has 0 amide bonds. The van der Waals surface area contributed by atoms with Gasteiger partial charge in [0.2, 0.25) is 0 Å². The third kappa shape index (κ3) is 2.63. The maximum absolute atomic E-state index is 5.88. The lowest BCUT2D eigenvalue weighted by molar-refractivity contribution is 0.923. The highest BCUT2D eigenvalue weighted by atomic mass is 35.5. The smallest absolute Gasteiger partial charge is 0.0931 e. The van der Waals surface area contributed by atoms with Gasteiger partial charge in [0.05, 0.1) is 10.4 Å². The zero-order valence-corrected chi connectivity index (χ0v) is 8.75. The summed E-state index contributed by atoms with van der Waals surface area (Å²) in [6.07, 6.45) is 2.03. The summed E-state index contributed by atoms with van der Waals surface area (Å²) in [5, 5.41) is 0. The lowest BCUT2D eigenvalue weighted by Crippen LogP contribution is -2.04. The molecule has 66 valence electrons. The van der Waals surface area contributed by atoms with E-state index in [2.05, 4.69) is 0 Å². The Bertz CT molecular complexity index is 286. The van der Waals surface area contributed by atoms with Crippen molar-refractivity contribution in [1.29, 1.82) is 0 Å². The summed E-state index contributed by atoms with van der Waals surface area (Å²) in [5.41, 5.74) is 7.11. The molecule has 0 aliphatic rings. The highest BCUT2D eigenvalue weighted by molar-refractivity contribution is 7.16. The van der Waals surface area contributed by atoms with E-state index >= 15 is 0 Å². The van der Waals surface area contributed by atoms with Crippen LogP contribution in [0.25, 0.3) is 0 Å². The molecule has 0 aromatic carbocycles. The maximum Gasteiger partial charge on any atom is 0.0931 e. The minimum Gasteiger partial charge on any atom is -0.320 e. The molecule has 1 unspecified atom stereocenters. The van der Waals surface area contributed by atoms with Gasteiger partial charge in [-0.05, 0) is 26.0 Å². The fraction of sp³-hybridized carbons (Fsp3) is 0.333. The first-order valence-electron chi connectivity index (χ1n) is 3.75. The summed E-state index contributed by atoms with van der Waals surface area (Å²) in [7, 11) is 0. The Labute approximate surface area is 81.9 Å². The molecule has 1 rings (SSSR count). The maximum atomic E-state index is 5.88. The second kappa shape index (κ2) is 4.08. The van der Waals surface area contributed by atoms with Crippen molar-refractivity contribution in [2.24, 2.45) is 5.73 Å². The first-order valence-corrected chi connectivity index (χ1v) is 4.95. The average Bonchev–Trinajstić information content (AvgIpc) is 2.34. The second-order valence-electron chi connectivity index (χ2n) is 2.91. The van der Waals surface area contributed by atoms with Crippen LogP contribution >= 0.6 is 22.9 Å². The molecule has 1 nitrogen and oxygen atoms in total. The molecule has 3 heteroatoms. The molecule has 0 radical (unpaired) electrons. The van der Waals surface area contributed by atoms with Crippen LogP contribution in [0.5, 0.6) is 0 Å². The van der Waals surface area contributed by atoms with Crippen molar-refractivity contribution in [2.75, 3.05) is 0 Å². The van der Waals surface area contributed by atoms with Crippen molar-refractivity contribution in [3.8, 4) is 0 Å². The molecule has 1 heterocycles. The van der Waals surface area contributed by atoms with Gasteiger partial charge in [-0.25, -0.2) is 0 Å². The molecule has 0 fully saturated rings. The van der Waals surface area contributed by atoms with Crippen LogP contribution in [-0.2, 0) is 0 Å². The van der Waals surface area contributed by atoms with E-state index in [1.54, 1.807) is 0 Å². The summed E-state index contributed by atoms with van der Waals surface area (Å²) >= 11 is 7.32. The number of hydrogen-bond donors (Lipinski definition) is 1. The van der Waals surface area contributed by atoms with Gasteiger partial charge in [-0.1, -0.05) is 23.3 Å². The van der Waals surface area contributed by atoms with Gasteiger partial charge >= 0.3 is 0 Å². The molecule has 0 saturated carbocycles. The van der Waals surface area contributed by atoms with Crippen molar-refractivity contribution in [3.63, 3.8) is 0 Å². The Balaban J connectivity index is 2.78. The van der Waals surface area contributed by atoms with Crippen LogP contribution in [0.2, 0.25) is 4.34 Å². The molecule has 0 saturated heterocycles. The Morgan fingerprint density at radius 1 is 1.58 bits per heavy atom. The number of nitrogens with two attached hydrogens (primary N) is 1. The molecule has 1 atom stereocenters. The van der Waals surface area contributed by atoms with E-state index in [1.165, 1.54) is 16.9 Å². The number of hydrogen-bond acceptors (Lipinski definition) is 2. The monoisotopic (exact) mass is 201 g/mol. The zero-order chi connectivity index (χ0) is 9.14. The van der Waals surface area contributed by atoms with Crippen molar-refractivity contribution in [2.45, 2.75) is 19.9 Å². The molecule has 0 spiro atoms. The van der Waals surface area contributed by atoms with Crippen LogP contribution in [0.1, 0.15) is 24.8 Å². The zero-order valence-electron chi connectivity index (χ0n) is 7.17. The molecular weight excluding hydrogens is 190 g/mol. The standard InChI is InChI=1S/C9H12ClNS/c1-6(2)5-7(11)8-3-4-9(10)12-8/h3-5,7H,11H2,1-2H3. The summed E-state index contributed by atoms with van der Waals surface area (Å²) in [6.45, 7) is 4.07. The van der Waals surface area contributed by atoms with Crippen LogP contribution in [0, 0.1) is 0 Å². The lowest BCUT2D eigenvalue weighted by atomic mass is 10.2. The van der Waals surface area contributed by atoms with Crippen LogP contribution in [0.3, 0.4) is 0 Å². The SMILES string of the molecule is CC(C)=CC(N)c1ccc(Cl)s1. The largest absolute Gasteiger partial charge is 0.320 e. The van der Waals surface area contributed by atoms with Crippen molar-refractivity contribution >= 4 is 22.9 Å². The fourth-order valence-electron chi connectivity index (χ4n) is 0.949. The highest BCUT2D eigenvalue weighted by Crippen LogP contribution is 2.26. The van der Waals surface area contributed by atoms with E-state index in [1.807, 2.05) is 32.1 Å². The molecule has 12 heavy (non-hydrogen) atoms. The van der Waals surface area contributed by atoms with Gasteiger partial charge in [-0.2, -0.15) is 0 Å². The van der Waals surface area contributed by atoms with E-state index in [-0.39, 0.29) is 6.04 Å². The van der Waals surface area contributed by atoms with Gasteiger partial charge in [-0.3, -0.25) is 0 Å². The predicted octanol–water partition coefficient (Wildman–Crippen LogP) is 3.37. The molecular formula is C9H12ClNS. The van der Waals surface area contributed by atoms with Gasteiger partial charge < -0.3 is 5.73 Å². The molecule has 0 bridgehead atoms. The number of rotatable bonds is 2. The molecule has 1 aromatic heterocycles. The van der Waals surface area contributed by atoms with Gasteiger partial charge in [0.1, 0.15) is 0 Å². The molecule has 1 aromatic rings.